The number of Topliss-reactive ketones (excluding diaryl/α,β-unsaturated/α-hetero) is 1. The number of rotatable bonds is 10. The Balaban J connectivity index is 2.05. The van der Waals surface area contributed by atoms with Crippen molar-refractivity contribution < 1.29 is 24.5 Å². The summed E-state index contributed by atoms with van der Waals surface area (Å²) >= 11 is 0. The van der Waals surface area contributed by atoms with E-state index in [1.54, 1.807) is 13.2 Å². The maximum atomic E-state index is 12.4. The van der Waals surface area contributed by atoms with E-state index in [9.17, 15) is 9.59 Å². The van der Waals surface area contributed by atoms with Crippen molar-refractivity contribution in [2.75, 3.05) is 13.7 Å². The number of benzene rings is 2. The van der Waals surface area contributed by atoms with Gasteiger partial charge in [0.05, 0.1) is 19.2 Å². The number of carboxylic acids is 1. The summed E-state index contributed by atoms with van der Waals surface area (Å²) in [5, 5.41) is 18.1. The van der Waals surface area contributed by atoms with E-state index < -0.39 is 5.97 Å². The number of carbonyl (C=O) groups is 2. The molecule has 0 saturated carbocycles. The molecule has 31 heavy (non-hydrogen) atoms. The number of hydrogen-bond acceptors (Lipinski definition) is 4. The number of carbonyl (C=O) groups excluding carboxylic acids is 1. The number of ether oxygens (including phenoxy) is 1. The molecule has 0 radical (unpaired) electrons. The minimum atomic E-state index is -0.847. The topological polar surface area (TPSA) is 88.8 Å². The first-order chi connectivity index (χ1) is 14.9. The van der Waals surface area contributed by atoms with Crippen LogP contribution in [0, 0.1) is 6.92 Å². The molecule has 0 aliphatic heterocycles. The van der Waals surface area contributed by atoms with Crippen molar-refractivity contribution in [2.24, 2.45) is 0 Å². The van der Waals surface area contributed by atoms with Crippen LogP contribution < -0.4 is 4.74 Å². The molecule has 0 atom stereocenters. The molecule has 0 bridgehead atoms. The number of carboxylic acid groups (broad SMARTS) is 1. The molecular formula is C25H27NO5. The van der Waals surface area contributed by atoms with Gasteiger partial charge in [-0.15, -0.1) is 0 Å². The average Bonchev–Trinajstić information content (AvgIpc) is 3.19. The molecule has 6 nitrogen and oxygen atoms in total. The maximum absolute atomic E-state index is 12.4. The van der Waals surface area contributed by atoms with Gasteiger partial charge in [0.15, 0.2) is 5.78 Å². The number of aryl methyl sites for hydroxylation is 2. The Bertz CT molecular complexity index is 1070. The average molecular weight is 421 g/mol. The quantitative estimate of drug-likeness (QED) is 0.473. The van der Waals surface area contributed by atoms with Gasteiger partial charge in [0.25, 0.3) is 0 Å². The Morgan fingerprint density at radius 3 is 2.35 bits per heavy atom. The van der Waals surface area contributed by atoms with E-state index >= 15 is 0 Å². The number of aliphatic carboxylic acids is 1. The first-order valence-electron chi connectivity index (χ1n) is 10.3. The van der Waals surface area contributed by atoms with Crippen LogP contribution in [0.15, 0.2) is 54.6 Å². The summed E-state index contributed by atoms with van der Waals surface area (Å²) in [6.45, 7) is 1.93. The molecule has 0 fully saturated rings. The summed E-state index contributed by atoms with van der Waals surface area (Å²) < 4.78 is 7.31. The number of ketones is 1. The highest BCUT2D eigenvalue weighted by atomic mass is 16.5. The fourth-order valence-electron chi connectivity index (χ4n) is 3.64. The van der Waals surface area contributed by atoms with Crippen molar-refractivity contribution in [1.82, 2.24) is 4.57 Å². The molecule has 3 rings (SSSR count). The van der Waals surface area contributed by atoms with Crippen LogP contribution in [0.3, 0.4) is 0 Å². The van der Waals surface area contributed by atoms with Gasteiger partial charge in [0.1, 0.15) is 5.75 Å². The lowest BCUT2D eigenvalue weighted by Crippen LogP contribution is -2.08. The Hall–Kier alpha value is -3.38. The third-order valence-corrected chi connectivity index (χ3v) is 5.26. The smallest absolute Gasteiger partial charge is 0.303 e. The third kappa shape index (κ3) is 5.22. The fraction of sp³-hybridized carbons (Fsp3) is 0.280. The molecule has 0 aliphatic carbocycles. The zero-order valence-corrected chi connectivity index (χ0v) is 17.8. The summed E-state index contributed by atoms with van der Waals surface area (Å²) in [4.78, 5) is 23.5. The van der Waals surface area contributed by atoms with Crippen LogP contribution in [-0.4, -0.2) is 40.2 Å². The minimum absolute atomic E-state index is 0.00214. The van der Waals surface area contributed by atoms with Crippen LogP contribution in [0.25, 0.3) is 16.9 Å². The Morgan fingerprint density at radius 2 is 1.74 bits per heavy atom. The van der Waals surface area contributed by atoms with E-state index in [1.165, 1.54) is 0 Å². The maximum Gasteiger partial charge on any atom is 0.303 e. The highest BCUT2D eigenvalue weighted by molar-refractivity contribution is 5.96. The number of aromatic nitrogens is 1. The summed E-state index contributed by atoms with van der Waals surface area (Å²) in [7, 11) is 1.62. The zero-order valence-electron chi connectivity index (χ0n) is 17.8. The molecule has 2 N–H and O–H groups in total. The van der Waals surface area contributed by atoms with Crippen molar-refractivity contribution in [3.63, 3.8) is 0 Å². The molecule has 0 spiro atoms. The Labute approximate surface area is 181 Å². The molecular weight excluding hydrogens is 394 g/mol. The van der Waals surface area contributed by atoms with Crippen LogP contribution >= 0.6 is 0 Å². The van der Waals surface area contributed by atoms with E-state index in [-0.39, 0.29) is 18.8 Å². The molecule has 0 aliphatic rings. The van der Waals surface area contributed by atoms with E-state index in [2.05, 4.69) is 4.57 Å². The molecule has 3 aromatic rings. The first-order valence-corrected chi connectivity index (χ1v) is 10.3. The molecule has 1 aromatic heterocycles. The van der Waals surface area contributed by atoms with Gasteiger partial charge in [0.2, 0.25) is 0 Å². The minimum Gasteiger partial charge on any atom is -0.497 e. The van der Waals surface area contributed by atoms with Crippen molar-refractivity contribution in [1.29, 1.82) is 0 Å². The second kappa shape index (κ2) is 10.1. The lowest BCUT2D eigenvalue weighted by molar-refractivity contribution is -0.136. The lowest BCUT2D eigenvalue weighted by atomic mass is 10.0. The highest BCUT2D eigenvalue weighted by Crippen LogP contribution is 2.30. The second-order valence-electron chi connectivity index (χ2n) is 7.42. The molecule has 0 amide bonds. The Kier molecular flexibility index (Phi) is 7.26. The Morgan fingerprint density at radius 1 is 1.00 bits per heavy atom. The van der Waals surface area contributed by atoms with Crippen molar-refractivity contribution in [2.45, 2.75) is 32.6 Å². The number of nitrogens with zero attached hydrogens (tertiary/aromatic N) is 1. The number of aliphatic hydroxyl groups excluding tert-OH is 1. The van der Waals surface area contributed by atoms with Gasteiger partial charge in [-0.2, -0.15) is 0 Å². The van der Waals surface area contributed by atoms with Crippen molar-refractivity contribution >= 4 is 11.8 Å². The second-order valence-corrected chi connectivity index (χ2v) is 7.42. The molecule has 0 unspecified atom stereocenters. The standard InChI is InChI=1S/C25H27NO5/c1-17-16-19(24(28)4-3-15-27)7-12-22(17)26-20(9-14-25(29)30)8-13-23(26)18-5-10-21(31-2)11-6-18/h5-8,10-13,16,27H,3-4,9,14-15H2,1-2H3,(H,29,30). The van der Waals surface area contributed by atoms with Crippen LogP contribution in [0.5, 0.6) is 5.75 Å². The third-order valence-electron chi connectivity index (χ3n) is 5.26. The molecule has 162 valence electrons. The molecule has 2 aromatic carbocycles. The number of methoxy groups -OCH3 is 1. The summed E-state index contributed by atoms with van der Waals surface area (Å²) in [6.07, 6.45) is 1.17. The molecule has 6 heteroatoms. The predicted octanol–water partition coefficient (Wildman–Crippen LogP) is 4.43. The van der Waals surface area contributed by atoms with Crippen molar-refractivity contribution in [3.05, 3.63) is 71.4 Å². The largest absolute Gasteiger partial charge is 0.497 e. The van der Waals surface area contributed by atoms with E-state index in [0.717, 1.165) is 34.0 Å². The SMILES string of the molecule is COc1ccc(-c2ccc(CCC(=O)O)n2-c2ccc(C(=O)CCCO)cc2C)cc1. The summed E-state index contributed by atoms with van der Waals surface area (Å²) in [5.74, 6) is -0.0899. The normalized spacial score (nSPS) is 10.8. The lowest BCUT2D eigenvalue weighted by Gasteiger charge is -2.17. The molecule has 1 heterocycles. The number of aliphatic hydroxyl groups is 1. The predicted molar refractivity (Wildman–Crippen MR) is 119 cm³/mol. The van der Waals surface area contributed by atoms with Gasteiger partial charge in [-0.05, 0) is 85.5 Å². The van der Waals surface area contributed by atoms with Crippen molar-refractivity contribution in [3.8, 4) is 22.7 Å². The van der Waals surface area contributed by atoms with Crippen LogP contribution in [0.4, 0.5) is 0 Å². The van der Waals surface area contributed by atoms with E-state index in [0.29, 0.717) is 24.8 Å². The van der Waals surface area contributed by atoms with E-state index in [4.69, 9.17) is 14.9 Å². The monoisotopic (exact) mass is 421 g/mol. The molecule has 0 saturated heterocycles. The number of hydrogen-bond donors (Lipinski definition) is 2. The fourth-order valence-corrected chi connectivity index (χ4v) is 3.64. The zero-order chi connectivity index (χ0) is 22.4. The van der Waals surface area contributed by atoms with Crippen LogP contribution in [-0.2, 0) is 11.2 Å². The van der Waals surface area contributed by atoms with Gasteiger partial charge in [-0.3, -0.25) is 9.59 Å². The summed E-state index contributed by atoms with van der Waals surface area (Å²) in [6, 6.07) is 17.2. The van der Waals surface area contributed by atoms with Gasteiger partial charge in [-0.1, -0.05) is 0 Å². The van der Waals surface area contributed by atoms with Gasteiger partial charge >= 0.3 is 5.97 Å². The van der Waals surface area contributed by atoms with E-state index in [1.807, 2.05) is 55.5 Å². The van der Waals surface area contributed by atoms with Gasteiger partial charge < -0.3 is 19.5 Å². The van der Waals surface area contributed by atoms with Crippen LogP contribution in [0.2, 0.25) is 0 Å². The van der Waals surface area contributed by atoms with Gasteiger partial charge in [-0.25, -0.2) is 0 Å². The van der Waals surface area contributed by atoms with Crippen LogP contribution in [0.1, 0.15) is 40.9 Å². The highest BCUT2D eigenvalue weighted by Gasteiger charge is 2.16. The first kappa shape index (κ1) is 22.3. The summed E-state index contributed by atoms with van der Waals surface area (Å²) in [5.41, 5.74) is 5.22. The van der Waals surface area contributed by atoms with Gasteiger partial charge in [0, 0.05) is 30.0 Å².